The third kappa shape index (κ3) is 4.15. The van der Waals surface area contributed by atoms with Gasteiger partial charge in [0.1, 0.15) is 0 Å². The first-order valence-electron chi connectivity index (χ1n) is 7.99. The van der Waals surface area contributed by atoms with Crippen LogP contribution in [0.15, 0.2) is 48.0 Å². The van der Waals surface area contributed by atoms with Crippen LogP contribution >= 0.6 is 11.3 Å². The lowest BCUT2D eigenvalue weighted by molar-refractivity contribution is 0.216. The van der Waals surface area contributed by atoms with E-state index >= 15 is 0 Å². The van der Waals surface area contributed by atoms with E-state index in [1.54, 1.807) is 11.3 Å². The van der Waals surface area contributed by atoms with Crippen molar-refractivity contribution in [3.8, 4) is 0 Å². The molecular formula is C18H21N3O2S. The summed E-state index contributed by atoms with van der Waals surface area (Å²) in [7, 11) is 0. The standard InChI is InChI=1S/C18H21N3O2S/c22-12-14(10-13-11-20-17-6-2-1-5-16(13)17)21-18(23)19-8-7-15-4-3-9-24-15/h1-6,9,11,14,20,22H,7-8,10,12H2,(H2,19,21,23)/t14-/m0/s1. The number of rotatable bonds is 7. The van der Waals surface area contributed by atoms with Gasteiger partial charge in [0, 0.05) is 28.5 Å². The average Bonchev–Trinajstić information content (AvgIpc) is 3.24. The number of hydrogen-bond donors (Lipinski definition) is 4. The Morgan fingerprint density at radius 2 is 2.12 bits per heavy atom. The molecule has 5 nitrogen and oxygen atoms in total. The molecule has 0 radical (unpaired) electrons. The average molecular weight is 343 g/mol. The van der Waals surface area contributed by atoms with Gasteiger partial charge in [0.15, 0.2) is 0 Å². The molecule has 3 rings (SSSR count). The number of carbonyl (C=O) groups is 1. The molecule has 6 heteroatoms. The zero-order valence-electron chi connectivity index (χ0n) is 13.3. The van der Waals surface area contributed by atoms with Crippen LogP contribution < -0.4 is 10.6 Å². The number of amides is 2. The lowest BCUT2D eigenvalue weighted by atomic mass is 10.1. The van der Waals surface area contributed by atoms with Gasteiger partial charge in [-0.2, -0.15) is 0 Å². The van der Waals surface area contributed by atoms with Crippen molar-refractivity contribution >= 4 is 28.3 Å². The Morgan fingerprint density at radius 3 is 2.92 bits per heavy atom. The third-order valence-corrected chi connectivity index (χ3v) is 4.87. The predicted molar refractivity (Wildman–Crippen MR) is 97.4 cm³/mol. The summed E-state index contributed by atoms with van der Waals surface area (Å²) in [6.45, 7) is 0.482. The smallest absolute Gasteiger partial charge is 0.315 e. The Hall–Kier alpha value is -2.31. The topological polar surface area (TPSA) is 77.2 Å². The Labute approximate surface area is 144 Å². The van der Waals surface area contributed by atoms with Crippen LogP contribution in [-0.2, 0) is 12.8 Å². The number of carbonyl (C=O) groups excluding carboxylic acids is 1. The first-order chi connectivity index (χ1) is 11.8. The minimum absolute atomic E-state index is 0.0994. The van der Waals surface area contributed by atoms with Crippen LogP contribution in [0.5, 0.6) is 0 Å². The van der Waals surface area contributed by atoms with Crippen molar-refractivity contribution < 1.29 is 9.90 Å². The molecule has 126 valence electrons. The molecule has 0 unspecified atom stereocenters. The Balaban J connectivity index is 1.51. The lowest BCUT2D eigenvalue weighted by Crippen LogP contribution is -2.45. The molecule has 0 aliphatic heterocycles. The van der Waals surface area contributed by atoms with Crippen LogP contribution in [0.2, 0.25) is 0 Å². The molecule has 0 aliphatic carbocycles. The number of hydrogen-bond acceptors (Lipinski definition) is 3. The second-order valence-corrected chi connectivity index (χ2v) is 6.70. The van der Waals surface area contributed by atoms with E-state index in [2.05, 4.69) is 21.7 Å². The lowest BCUT2D eigenvalue weighted by Gasteiger charge is -2.16. The minimum atomic E-state index is -0.314. The van der Waals surface area contributed by atoms with E-state index in [1.165, 1.54) is 4.88 Å². The number of nitrogens with one attached hydrogen (secondary N) is 3. The molecular weight excluding hydrogens is 322 g/mol. The van der Waals surface area contributed by atoms with Gasteiger partial charge in [-0.05, 0) is 35.9 Å². The predicted octanol–water partition coefficient (Wildman–Crippen LogP) is 2.67. The molecule has 2 heterocycles. The van der Waals surface area contributed by atoms with E-state index in [0.717, 1.165) is 22.9 Å². The fourth-order valence-electron chi connectivity index (χ4n) is 2.72. The van der Waals surface area contributed by atoms with Crippen molar-refractivity contribution in [1.29, 1.82) is 0 Å². The summed E-state index contributed by atoms with van der Waals surface area (Å²) >= 11 is 1.68. The first kappa shape index (κ1) is 16.5. The summed E-state index contributed by atoms with van der Waals surface area (Å²) in [5.74, 6) is 0. The molecule has 0 saturated carbocycles. The summed E-state index contributed by atoms with van der Waals surface area (Å²) in [6, 6.07) is 11.5. The number of aliphatic hydroxyl groups excluding tert-OH is 1. The number of H-pyrrole nitrogens is 1. The van der Waals surface area contributed by atoms with Gasteiger partial charge in [-0.3, -0.25) is 0 Å². The molecule has 0 aliphatic rings. The number of fused-ring (bicyclic) bond motifs is 1. The van der Waals surface area contributed by atoms with E-state index in [9.17, 15) is 9.90 Å². The van der Waals surface area contributed by atoms with Gasteiger partial charge >= 0.3 is 6.03 Å². The fraction of sp³-hybridized carbons (Fsp3) is 0.278. The molecule has 2 aromatic heterocycles. The van der Waals surface area contributed by atoms with Crippen molar-refractivity contribution in [1.82, 2.24) is 15.6 Å². The maximum absolute atomic E-state index is 12.0. The van der Waals surface area contributed by atoms with Gasteiger partial charge in [-0.15, -0.1) is 11.3 Å². The SMILES string of the molecule is O=C(NCCc1cccs1)N[C@H](CO)Cc1c[nH]c2ccccc12. The van der Waals surface area contributed by atoms with Gasteiger partial charge < -0.3 is 20.7 Å². The van der Waals surface area contributed by atoms with E-state index in [1.807, 2.05) is 41.9 Å². The summed E-state index contributed by atoms with van der Waals surface area (Å²) in [6.07, 6.45) is 3.33. The van der Waals surface area contributed by atoms with Crippen molar-refractivity contribution in [2.24, 2.45) is 0 Å². The van der Waals surface area contributed by atoms with E-state index in [4.69, 9.17) is 0 Å². The van der Waals surface area contributed by atoms with E-state index in [0.29, 0.717) is 13.0 Å². The molecule has 1 atom stereocenters. The van der Waals surface area contributed by atoms with Gasteiger partial charge in [-0.25, -0.2) is 4.79 Å². The first-order valence-corrected chi connectivity index (χ1v) is 8.87. The largest absolute Gasteiger partial charge is 0.394 e. The number of para-hydroxylation sites is 1. The number of thiophene rings is 1. The number of aromatic nitrogens is 1. The summed E-state index contributed by atoms with van der Waals surface area (Å²) in [5, 5.41) is 18.4. The minimum Gasteiger partial charge on any atom is -0.394 e. The van der Waals surface area contributed by atoms with Gasteiger partial charge in [0.25, 0.3) is 0 Å². The van der Waals surface area contributed by atoms with Crippen molar-refractivity contribution in [3.63, 3.8) is 0 Å². The summed E-state index contributed by atoms with van der Waals surface area (Å²) < 4.78 is 0. The Morgan fingerprint density at radius 1 is 1.25 bits per heavy atom. The number of aliphatic hydroxyl groups is 1. The maximum Gasteiger partial charge on any atom is 0.315 e. The second kappa shape index (κ2) is 7.99. The zero-order chi connectivity index (χ0) is 16.8. The highest BCUT2D eigenvalue weighted by Gasteiger charge is 2.14. The molecule has 0 spiro atoms. The zero-order valence-corrected chi connectivity index (χ0v) is 14.1. The molecule has 0 saturated heterocycles. The molecule has 1 aromatic carbocycles. The normalized spacial score (nSPS) is 12.2. The number of urea groups is 1. The quantitative estimate of drug-likeness (QED) is 0.532. The molecule has 0 fully saturated rings. The van der Waals surface area contributed by atoms with Crippen molar-refractivity contribution in [2.75, 3.05) is 13.2 Å². The Kier molecular flexibility index (Phi) is 5.51. The van der Waals surface area contributed by atoms with Crippen molar-refractivity contribution in [3.05, 3.63) is 58.4 Å². The second-order valence-electron chi connectivity index (χ2n) is 5.67. The highest BCUT2D eigenvalue weighted by molar-refractivity contribution is 7.09. The van der Waals surface area contributed by atoms with Gasteiger partial charge in [0.2, 0.25) is 0 Å². The third-order valence-electron chi connectivity index (χ3n) is 3.93. The van der Waals surface area contributed by atoms with Crippen LogP contribution in [0, 0.1) is 0 Å². The van der Waals surface area contributed by atoms with Crippen LogP contribution in [0.1, 0.15) is 10.4 Å². The summed E-state index contributed by atoms with van der Waals surface area (Å²) in [5.41, 5.74) is 2.15. The van der Waals surface area contributed by atoms with Crippen LogP contribution in [0.4, 0.5) is 4.79 Å². The van der Waals surface area contributed by atoms with Crippen LogP contribution in [0.25, 0.3) is 10.9 Å². The fourth-order valence-corrected chi connectivity index (χ4v) is 3.43. The molecule has 4 N–H and O–H groups in total. The summed E-state index contributed by atoms with van der Waals surface area (Å²) in [4.78, 5) is 16.5. The van der Waals surface area contributed by atoms with Gasteiger partial charge in [0.05, 0.1) is 12.6 Å². The van der Waals surface area contributed by atoms with E-state index in [-0.39, 0.29) is 18.7 Å². The monoisotopic (exact) mass is 343 g/mol. The van der Waals surface area contributed by atoms with Gasteiger partial charge in [-0.1, -0.05) is 24.3 Å². The van der Waals surface area contributed by atoms with Crippen LogP contribution in [-0.4, -0.2) is 35.3 Å². The Bertz CT molecular complexity index is 783. The highest BCUT2D eigenvalue weighted by Crippen LogP contribution is 2.19. The number of benzene rings is 1. The molecule has 3 aromatic rings. The van der Waals surface area contributed by atoms with Crippen molar-refractivity contribution in [2.45, 2.75) is 18.9 Å². The molecule has 24 heavy (non-hydrogen) atoms. The van der Waals surface area contributed by atoms with Crippen LogP contribution in [0.3, 0.4) is 0 Å². The maximum atomic E-state index is 12.0. The molecule has 2 amide bonds. The molecule has 0 bridgehead atoms. The van der Waals surface area contributed by atoms with E-state index < -0.39 is 0 Å². The number of aromatic amines is 1. The highest BCUT2D eigenvalue weighted by atomic mass is 32.1.